The van der Waals surface area contributed by atoms with Gasteiger partial charge in [0.25, 0.3) is 0 Å². The van der Waals surface area contributed by atoms with E-state index in [1.54, 1.807) is 4.90 Å². The van der Waals surface area contributed by atoms with Crippen LogP contribution in [0.2, 0.25) is 0 Å². The number of rotatable bonds is 4. The van der Waals surface area contributed by atoms with Crippen LogP contribution in [0.4, 0.5) is 4.79 Å². The van der Waals surface area contributed by atoms with E-state index in [0.29, 0.717) is 19.1 Å². The molecule has 140 valence electrons. The highest BCUT2D eigenvalue weighted by Gasteiger charge is 2.32. The summed E-state index contributed by atoms with van der Waals surface area (Å²) in [7, 11) is 0. The van der Waals surface area contributed by atoms with E-state index >= 15 is 0 Å². The van der Waals surface area contributed by atoms with Gasteiger partial charge >= 0.3 is 6.09 Å². The van der Waals surface area contributed by atoms with Gasteiger partial charge in [0.05, 0.1) is 11.7 Å². The Kier molecular flexibility index (Phi) is 5.06. The summed E-state index contributed by atoms with van der Waals surface area (Å²) in [4.78, 5) is 16.2. The minimum atomic E-state index is -0.597. The van der Waals surface area contributed by atoms with Crippen molar-refractivity contribution in [3.63, 3.8) is 0 Å². The molecule has 1 aliphatic heterocycles. The van der Waals surface area contributed by atoms with Crippen molar-refractivity contribution < 1.29 is 14.6 Å². The second-order valence-corrected chi connectivity index (χ2v) is 8.25. The van der Waals surface area contributed by atoms with Gasteiger partial charge in [-0.05, 0) is 46.6 Å². The summed E-state index contributed by atoms with van der Waals surface area (Å²) in [5, 5.41) is 15.0. The molecule has 1 saturated carbocycles. The lowest BCUT2D eigenvalue weighted by Crippen LogP contribution is -2.55. The molecular formula is C18H30N4O3. The highest BCUT2D eigenvalue weighted by atomic mass is 16.6. The van der Waals surface area contributed by atoms with Crippen LogP contribution in [0.25, 0.3) is 0 Å². The molecule has 1 unspecified atom stereocenters. The third-order valence-electron chi connectivity index (χ3n) is 4.66. The van der Waals surface area contributed by atoms with Crippen LogP contribution in [-0.4, -0.2) is 68.6 Å². The molecule has 1 aromatic heterocycles. The molecule has 7 nitrogen and oxygen atoms in total. The van der Waals surface area contributed by atoms with Crippen LogP contribution < -0.4 is 0 Å². The molecule has 0 radical (unpaired) electrons. The molecule has 2 aliphatic rings. The van der Waals surface area contributed by atoms with Gasteiger partial charge in [0.15, 0.2) is 0 Å². The molecule has 0 spiro atoms. The summed E-state index contributed by atoms with van der Waals surface area (Å²) >= 11 is 0. The molecule has 7 heteroatoms. The fourth-order valence-corrected chi connectivity index (χ4v) is 3.20. The Hall–Kier alpha value is -1.60. The van der Waals surface area contributed by atoms with Gasteiger partial charge < -0.3 is 14.7 Å². The minimum Gasteiger partial charge on any atom is -0.444 e. The van der Waals surface area contributed by atoms with Crippen LogP contribution in [-0.2, 0) is 4.74 Å². The van der Waals surface area contributed by atoms with Gasteiger partial charge in [0, 0.05) is 38.4 Å². The van der Waals surface area contributed by atoms with Crippen LogP contribution in [0.1, 0.15) is 58.4 Å². The summed E-state index contributed by atoms with van der Waals surface area (Å²) in [6.07, 6.45) is 3.46. The van der Waals surface area contributed by atoms with Crippen LogP contribution in [0.5, 0.6) is 0 Å². The van der Waals surface area contributed by atoms with E-state index in [1.807, 2.05) is 44.6 Å². The second-order valence-electron chi connectivity index (χ2n) is 8.25. The first-order valence-corrected chi connectivity index (χ1v) is 9.18. The van der Waals surface area contributed by atoms with Crippen molar-refractivity contribution >= 4 is 6.09 Å². The number of amides is 1. The van der Waals surface area contributed by atoms with Crippen LogP contribution in [0, 0.1) is 0 Å². The normalized spacial score (nSPS) is 23.6. The quantitative estimate of drug-likeness (QED) is 0.901. The maximum Gasteiger partial charge on any atom is 0.410 e. The largest absolute Gasteiger partial charge is 0.444 e. The number of ether oxygens (including phenoxy) is 1. The Morgan fingerprint density at radius 3 is 2.72 bits per heavy atom. The zero-order valence-electron chi connectivity index (χ0n) is 15.7. The smallest absolute Gasteiger partial charge is 0.410 e. The van der Waals surface area contributed by atoms with Crippen molar-refractivity contribution in [2.75, 3.05) is 26.2 Å². The first-order valence-electron chi connectivity index (χ1n) is 9.18. The molecule has 1 N–H and O–H groups in total. The summed E-state index contributed by atoms with van der Waals surface area (Å²) in [5.74, 6) is 0. The third kappa shape index (κ3) is 4.73. The van der Waals surface area contributed by atoms with Crippen molar-refractivity contribution in [2.45, 2.75) is 64.3 Å². The number of carbonyl (C=O) groups is 1. The number of aromatic nitrogens is 2. The predicted octanol–water partition coefficient (Wildman–Crippen LogP) is 2.19. The van der Waals surface area contributed by atoms with E-state index in [-0.39, 0.29) is 12.1 Å². The number of hydrogen-bond donors (Lipinski definition) is 1. The average Bonchev–Trinajstić information content (AvgIpc) is 3.22. The molecule has 2 heterocycles. The zero-order valence-corrected chi connectivity index (χ0v) is 15.7. The first kappa shape index (κ1) is 18.2. The highest BCUT2D eigenvalue weighted by molar-refractivity contribution is 5.68. The molecule has 1 amide bonds. The van der Waals surface area contributed by atoms with Gasteiger partial charge in [-0.15, -0.1) is 0 Å². The van der Waals surface area contributed by atoms with E-state index in [1.165, 1.54) is 12.8 Å². The maximum atomic E-state index is 12.3. The maximum absolute atomic E-state index is 12.3. The minimum absolute atomic E-state index is 0.0554. The molecule has 3 rings (SSSR count). The highest BCUT2D eigenvalue weighted by Crippen LogP contribution is 2.34. The number of carbonyl (C=O) groups excluding carboxylic acids is 1. The van der Waals surface area contributed by atoms with Gasteiger partial charge in [0.2, 0.25) is 0 Å². The molecule has 2 fully saturated rings. The van der Waals surface area contributed by atoms with E-state index in [0.717, 1.165) is 18.8 Å². The van der Waals surface area contributed by atoms with Crippen LogP contribution in [0.3, 0.4) is 0 Å². The van der Waals surface area contributed by atoms with Crippen LogP contribution >= 0.6 is 0 Å². The average molecular weight is 350 g/mol. The Balaban J connectivity index is 1.51. The van der Waals surface area contributed by atoms with Crippen molar-refractivity contribution in [2.24, 2.45) is 0 Å². The summed E-state index contributed by atoms with van der Waals surface area (Å²) < 4.78 is 7.43. The van der Waals surface area contributed by atoms with Crippen molar-refractivity contribution in [3.8, 4) is 0 Å². The monoisotopic (exact) mass is 350 g/mol. The fraction of sp³-hybridized carbons (Fsp3) is 0.778. The van der Waals surface area contributed by atoms with Crippen molar-refractivity contribution in [3.05, 3.63) is 18.0 Å². The first-order chi connectivity index (χ1) is 11.7. The van der Waals surface area contributed by atoms with Gasteiger partial charge in [0.1, 0.15) is 11.7 Å². The van der Waals surface area contributed by atoms with E-state index in [2.05, 4.69) is 10.00 Å². The molecule has 25 heavy (non-hydrogen) atoms. The van der Waals surface area contributed by atoms with Crippen molar-refractivity contribution in [1.29, 1.82) is 0 Å². The number of aliphatic hydroxyl groups excluding tert-OH is 1. The molecule has 1 aromatic rings. The summed E-state index contributed by atoms with van der Waals surface area (Å²) in [6.45, 7) is 10.2. The Bertz CT molecular complexity index is 606. The Morgan fingerprint density at radius 1 is 1.40 bits per heavy atom. The van der Waals surface area contributed by atoms with Crippen molar-refractivity contribution in [1.82, 2.24) is 19.6 Å². The zero-order chi connectivity index (χ0) is 18.2. The molecule has 1 saturated heterocycles. The molecule has 2 atom stereocenters. The third-order valence-corrected chi connectivity index (χ3v) is 4.66. The molecular weight excluding hydrogens is 320 g/mol. The number of β-amino-alcohol motifs (C(OH)–C–C–N with tert-alkyl or cyclic N) is 1. The number of aliphatic hydroxyl groups is 1. The lowest BCUT2D eigenvalue weighted by Gasteiger charge is -2.40. The van der Waals surface area contributed by atoms with E-state index < -0.39 is 11.7 Å². The fourth-order valence-electron chi connectivity index (χ4n) is 3.20. The SMILES string of the molecule is C[C@@H]1CN(CC(O)c2ccn(C3CC3)n2)CCN1C(=O)OC(C)(C)C. The predicted molar refractivity (Wildman–Crippen MR) is 94.3 cm³/mol. The van der Waals surface area contributed by atoms with E-state index in [9.17, 15) is 9.90 Å². The second kappa shape index (κ2) is 6.96. The molecule has 1 aliphatic carbocycles. The topological polar surface area (TPSA) is 70.8 Å². The van der Waals surface area contributed by atoms with Gasteiger partial charge in [-0.2, -0.15) is 5.10 Å². The Labute approximate surface area is 149 Å². The van der Waals surface area contributed by atoms with Gasteiger partial charge in [-0.3, -0.25) is 9.58 Å². The number of piperazine rings is 1. The lowest BCUT2D eigenvalue weighted by atomic mass is 10.1. The standard InChI is InChI=1S/C18H30N4O3/c1-13-11-20(9-10-21(13)17(24)25-18(2,3)4)12-16(23)15-7-8-22(19-15)14-5-6-14/h7-8,13-14,16,23H,5-6,9-12H2,1-4H3/t13-,16?/m1/s1. The van der Waals surface area contributed by atoms with E-state index in [4.69, 9.17) is 4.74 Å². The van der Waals surface area contributed by atoms with Gasteiger partial charge in [-0.25, -0.2) is 4.79 Å². The summed E-state index contributed by atoms with van der Waals surface area (Å²) in [5.41, 5.74) is 0.249. The molecule has 0 aromatic carbocycles. The van der Waals surface area contributed by atoms with Gasteiger partial charge in [-0.1, -0.05) is 0 Å². The number of hydrogen-bond acceptors (Lipinski definition) is 5. The lowest BCUT2D eigenvalue weighted by molar-refractivity contribution is -0.00448. The molecule has 0 bridgehead atoms. The Morgan fingerprint density at radius 2 is 2.12 bits per heavy atom. The summed E-state index contributed by atoms with van der Waals surface area (Å²) in [6, 6.07) is 2.49. The van der Waals surface area contributed by atoms with Crippen LogP contribution in [0.15, 0.2) is 12.3 Å². The number of nitrogens with zero attached hydrogens (tertiary/aromatic N) is 4.